The summed E-state index contributed by atoms with van der Waals surface area (Å²) in [5.41, 5.74) is 4.58. The molecule has 7 heteroatoms. The Hall–Kier alpha value is -2.13. The minimum atomic E-state index is 0. The lowest BCUT2D eigenvalue weighted by Gasteiger charge is -2.36. The zero-order valence-corrected chi connectivity index (χ0v) is 19.4. The average molecular weight is 504 g/mol. The lowest BCUT2D eigenvalue weighted by molar-refractivity contribution is 0.172. The molecule has 29 heavy (non-hydrogen) atoms. The van der Waals surface area contributed by atoms with E-state index in [0.717, 1.165) is 50.0 Å². The van der Waals surface area contributed by atoms with Crippen molar-refractivity contribution in [2.45, 2.75) is 20.0 Å². The topological polar surface area (TPSA) is 48.2 Å². The van der Waals surface area contributed by atoms with Gasteiger partial charge in [0.1, 0.15) is 5.65 Å². The molecule has 3 heterocycles. The Labute approximate surface area is 189 Å². The van der Waals surface area contributed by atoms with Crippen LogP contribution in [0.4, 0.5) is 0 Å². The van der Waals surface area contributed by atoms with Gasteiger partial charge >= 0.3 is 0 Å². The zero-order chi connectivity index (χ0) is 19.3. The highest BCUT2D eigenvalue weighted by Crippen LogP contribution is 2.10. The average Bonchev–Trinajstić information content (AvgIpc) is 3.15. The van der Waals surface area contributed by atoms with E-state index in [4.69, 9.17) is 4.98 Å². The number of guanidine groups is 1. The number of aliphatic imine (C=N–C) groups is 1. The van der Waals surface area contributed by atoms with Crippen molar-refractivity contribution in [1.82, 2.24) is 24.5 Å². The molecule has 0 saturated carbocycles. The normalized spacial score (nSPS) is 15.4. The molecule has 0 aliphatic carbocycles. The first-order valence-corrected chi connectivity index (χ1v) is 9.88. The Bertz CT molecular complexity index is 944. The molecule has 2 aromatic heterocycles. The standard InChI is InChI=1S/C22H28N6.HI/c1-18-7-6-10-21-25-20(17-28(18)21)15-24-22(23-2)27-13-11-26(12-14-27)16-19-8-4-3-5-9-19;/h3-10,17H,11-16H2,1-2H3,(H,23,24);1H. The Kier molecular flexibility index (Phi) is 7.49. The lowest BCUT2D eigenvalue weighted by atomic mass is 10.2. The maximum atomic E-state index is 4.70. The van der Waals surface area contributed by atoms with Gasteiger partial charge in [-0.3, -0.25) is 9.89 Å². The second kappa shape index (κ2) is 10.1. The van der Waals surface area contributed by atoms with Crippen LogP contribution in [0.2, 0.25) is 0 Å². The zero-order valence-electron chi connectivity index (χ0n) is 17.1. The highest BCUT2D eigenvalue weighted by atomic mass is 127. The van der Waals surface area contributed by atoms with Gasteiger partial charge in [0, 0.05) is 51.7 Å². The summed E-state index contributed by atoms with van der Waals surface area (Å²) in [6.45, 7) is 7.85. The van der Waals surface area contributed by atoms with Gasteiger partial charge in [-0.15, -0.1) is 24.0 Å². The number of hydrogen-bond acceptors (Lipinski definition) is 3. The molecule has 0 unspecified atom stereocenters. The van der Waals surface area contributed by atoms with E-state index in [1.165, 1.54) is 11.3 Å². The SMILES string of the molecule is CN=C(NCc1cn2c(C)cccc2n1)N1CCN(Cc2ccccc2)CC1.I. The maximum absolute atomic E-state index is 4.70. The van der Waals surface area contributed by atoms with E-state index in [9.17, 15) is 0 Å². The van der Waals surface area contributed by atoms with E-state index in [2.05, 4.69) is 74.0 Å². The number of imidazole rings is 1. The molecule has 1 aliphatic rings. The molecule has 0 amide bonds. The summed E-state index contributed by atoms with van der Waals surface area (Å²) in [4.78, 5) is 14.0. The van der Waals surface area contributed by atoms with Gasteiger partial charge in [-0.25, -0.2) is 4.98 Å². The monoisotopic (exact) mass is 504 g/mol. The molecule has 0 spiro atoms. The molecular weight excluding hydrogens is 475 g/mol. The fourth-order valence-electron chi connectivity index (χ4n) is 3.75. The molecule has 1 fully saturated rings. The molecule has 1 aliphatic heterocycles. The smallest absolute Gasteiger partial charge is 0.194 e. The first-order chi connectivity index (χ1) is 13.7. The Morgan fingerprint density at radius 3 is 2.48 bits per heavy atom. The highest BCUT2D eigenvalue weighted by molar-refractivity contribution is 14.0. The van der Waals surface area contributed by atoms with Crippen molar-refractivity contribution in [2.75, 3.05) is 33.2 Å². The first-order valence-electron chi connectivity index (χ1n) is 9.88. The Balaban J connectivity index is 0.00000240. The van der Waals surface area contributed by atoms with Gasteiger partial charge in [-0.05, 0) is 24.6 Å². The van der Waals surface area contributed by atoms with Crippen LogP contribution in [0.25, 0.3) is 5.65 Å². The summed E-state index contributed by atoms with van der Waals surface area (Å²) in [7, 11) is 1.85. The number of fused-ring (bicyclic) bond motifs is 1. The summed E-state index contributed by atoms with van der Waals surface area (Å²) in [5, 5.41) is 3.48. The third-order valence-electron chi connectivity index (χ3n) is 5.31. The first kappa shape index (κ1) is 21.6. The fraction of sp³-hybridized carbons (Fsp3) is 0.364. The summed E-state index contributed by atoms with van der Waals surface area (Å²) in [6.07, 6.45) is 2.10. The number of aromatic nitrogens is 2. The van der Waals surface area contributed by atoms with Crippen LogP contribution in [0, 0.1) is 6.92 Å². The van der Waals surface area contributed by atoms with Crippen LogP contribution in [-0.4, -0.2) is 58.4 Å². The summed E-state index contributed by atoms with van der Waals surface area (Å²) in [6, 6.07) is 16.9. The number of nitrogens with one attached hydrogen (secondary N) is 1. The number of hydrogen-bond donors (Lipinski definition) is 1. The van der Waals surface area contributed by atoms with Crippen LogP contribution in [-0.2, 0) is 13.1 Å². The maximum Gasteiger partial charge on any atom is 0.194 e. The minimum absolute atomic E-state index is 0. The number of rotatable bonds is 4. The predicted octanol–water partition coefficient (Wildman–Crippen LogP) is 3.15. The molecule has 1 saturated heterocycles. The van der Waals surface area contributed by atoms with E-state index in [1.54, 1.807) is 0 Å². The third kappa shape index (κ3) is 5.27. The van der Waals surface area contributed by atoms with Crippen molar-refractivity contribution in [3.63, 3.8) is 0 Å². The molecule has 4 rings (SSSR count). The van der Waals surface area contributed by atoms with Crippen molar-refractivity contribution in [1.29, 1.82) is 0 Å². The fourth-order valence-corrected chi connectivity index (χ4v) is 3.75. The van der Waals surface area contributed by atoms with Crippen LogP contribution >= 0.6 is 24.0 Å². The van der Waals surface area contributed by atoms with Crippen molar-refractivity contribution in [3.8, 4) is 0 Å². The minimum Gasteiger partial charge on any atom is -0.351 e. The van der Waals surface area contributed by atoms with Crippen molar-refractivity contribution >= 4 is 35.6 Å². The number of nitrogens with zero attached hydrogens (tertiary/aromatic N) is 5. The molecule has 6 nitrogen and oxygen atoms in total. The van der Waals surface area contributed by atoms with Gasteiger partial charge in [-0.2, -0.15) is 0 Å². The van der Waals surface area contributed by atoms with Gasteiger partial charge in [0.05, 0.1) is 12.2 Å². The molecule has 3 aromatic rings. The Morgan fingerprint density at radius 1 is 1.03 bits per heavy atom. The predicted molar refractivity (Wildman–Crippen MR) is 129 cm³/mol. The number of pyridine rings is 1. The van der Waals surface area contributed by atoms with Crippen LogP contribution in [0.5, 0.6) is 0 Å². The van der Waals surface area contributed by atoms with E-state index >= 15 is 0 Å². The summed E-state index contributed by atoms with van der Waals surface area (Å²) >= 11 is 0. The van der Waals surface area contributed by atoms with Crippen molar-refractivity contribution in [3.05, 3.63) is 71.7 Å². The number of halogens is 1. The van der Waals surface area contributed by atoms with Crippen LogP contribution in [0.15, 0.2) is 59.7 Å². The van der Waals surface area contributed by atoms with E-state index in [-0.39, 0.29) is 24.0 Å². The summed E-state index contributed by atoms with van der Waals surface area (Å²) < 4.78 is 2.13. The molecule has 0 radical (unpaired) electrons. The molecular formula is C22H29IN6. The second-order valence-electron chi connectivity index (χ2n) is 7.28. The van der Waals surface area contributed by atoms with Crippen molar-refractivity contribution in [2.24, 2.45) is 4.99 Å². The number of aryl methyl sites for hydroxylation is 1. The van der Waals surface area contributed by atoms with Crippen LogP contribution < -0.4 is 5.32 Å². The van der Waals surface area contributed by atoms with E-state index in [1.807, 2.05) is 19.2 Å². The molecule has 0 atom stereocenters. The number of benzene rings is 1. The lowest BCUT2D eigenvalue weighted by Crippen LogP contribution is -2.52. The van der Waals surface area contributed by atoms with Crippen molar-refractivity contribution < 1.29 is 0 Å². The van der Waals surface area contributed by atoms with Gasteiger partial charge in [0.15, 0.2) is 5.96 Å². The quantitative estimate of drug-likeness (QED) is 0.337. The summed E-state index contributed by atoms with van der Waals surface area (Å²) in [5.74, 6) is 0.952. The van der Waals surface area contributed by atoms with E-state index < -0.39 is 0 Å². The third-order valence-corrected chi connectivity index (χ3v) is 5.31. The molecule has 1 N–H and O–H groups in total. The number of piperazine rings is 1. The van der Waals surface area contributed by atoms with Gasteiger partial charge < -0.3 is 14.6 Å². The van der Waals surface area contributed by atoms with Crippen LogP contribution in [0.1, 0.15) is 17.0 Å². The van der Waals surface area contributed by atoms with E-state index in [0.29, 0.717) is 6.54 Å². The highest BCUT2D eigenvalue weighted by Gasteiger charge is 2.19. The molecule has 0 bridgehead atoms. The second-order valence-corrected chi connectivity index (χ2v) is 7.28. The largest absolute Gasteiger partial charge is 0.351 e. The molecule has 1 aromatic carbocycles. The molecule has 154 valence electrons. The van der Waals surface area contributed by atoms with Gasteiger partial charge in [0.25, 0.3) is 0 Å². The Morgan fingerprint density at radius 2 is 1.79 bits per heavy atom. The van der Waals surface area contributed by atoms with Gasteiger partial charge in [-0.1, -0.05) is 36.4 Å². The van der Waals surface area contributed by atoms with Gasteiger partial charge in [0.2, 0.25) is 0 Å². The van der Waals surface area contributed by atoms with Crippen LogP contribution in [0.3, 0.4) is 0 Å².